The lowest BCUT2D eigenvalue weighted by Crippen LogP contribution is -2.33. The first-order valence-electron chi connectivity index (χ1n) is 8.80. The molecule has 1 aliphatic carbocycles. The smallest absolute Gasteiger partial charge is 0.0698 e. The molecule has 20 heavy (non-hydrogen) atoms. The van der Waals surface area contributed by atoms with Crippen molar-refractivity contribution in [2.75, 3.05) is 10.8 Å². The van der Waals surface area contributed by atoms with E-state index in [4.69, 9.17) is 0 Å². The number of hydrogen-bond acceptors (Lipinski definition) is 2. The molecule has 2 rings (SSSR count). The molecule has 0 aromatic rings. The molecule has 0 radical (unpaired) electrons. The summed E-state index contributed by atoms with van der Waals surface area (Å²) in [5, 5.41) is 0.903. The first kappa shape index (κ1) is 16.9. The first-order chi connectivity index (χ1) is 9.83. The van der Waals surface area contributed by atoms with E-state index in [0.717, 1.165) is 5.08 Å². The summed E-state index contributed by atoms with van der Waals surface area (Å²) in [5.74, 6) is 1.17. The Hall–Kier alpha value is 0.500. The molecule has 118 valence electrons. The molecular weight excluding hydrogens is 284 g/mol. The van der Waals surface area contributed by atoms with Crippen molar-refractivity contribution in [3.8, 4) is 0 Å². The van der Waals surface area contributed by atoms with Crippen LogP contribution in [-0.4, -0.2) is 19.8 Å². The molecule has 0 amide bonds. The van der Waals surface area contributed by atoms with E-state index in [1.54, 1.807) is 0 Å². The van der Waals surface area contributed by atoms with Gasteiger partial charge in [0.05, 0.1) is 9.83 Å². The number of hydrogen-bond donors (Lipinski definition) is 0. The van der Waals surface area contributed by atoms with E-state index >= 15 is 0 Å². The van der Waals surface area contributed by atoms with E-state index in [9.17, 15) is 4.21 Å². The molecule has 1 unspecified atom stereocenters. The highest BCUT2D eigenvalue weighted by molar-refractivity contribution is 8.13. The van der Waals surface area contributed by atoms with Crippen LogP contribution in [0.5, 0.6) is 0 Å². The monoisotopic (exact) mass is 316 g/mol. The number of rotatable bonds is 0. The van der Waals surface area contributed by atoms with Crippen molar-refractivity contribution in [3.63, 3.8) is 0 Å². The summed E-state index contributed by atoms with van der Waals surface area (Å²) in [5.41, 5.74) is 0. The zero-order valence-corrected chi connectivity index (χ0v) is 14.7. The fraction of sp³-hybridized carbons (Fsp3) is 1.00. The lowest BCUT2D eigenvalue weighted by molar-refractivity contribution is 0.467. The van der Waals surface area contributed by atoms with Gasteiger partial charge in [-0.2, -0.15) is 0 Å². The van der Waals surface area contributed by atoms with Crippen LogP contribution in [0, 0.1) is 0 Å². The molecule has 0 aromatic heterocycles. The Morgan fingerprint density at radius 1 is 0.650 bits per heavy atom. The molecule has 0 aromatic carbocycles. The Morgan fingerprint density at radius 3 is 1.40 bits per heavy atom. The highest BCUT2D eigenvalue weighted by atomic mass is 32.2. The van der Waals surface area contributed by atoms with Gasteiger partial charge in [0.15, 0.2) is 0 Å². The molecule has 3 heteroatoms. The summed E-state index contributed by atoms with van der Waals surface area (Å²) in [6.45, 7) is 0. The van der Waals surface area contributed by atoms with E-state index in [0.29, 0.717) is 0 Å². The van der Waals surface area contributed by atoms with Gasteiger partial charge in [-0.1, -0.05) is 77.0 Å². The minimum atomic E-state index is -0.558. The standard InChI is InChI=1S/C17H32OS2/c18-20-16-19-15-17(20)13-11-9-7-5-3-1-2-4-6-8-10-12-14-17/h1-16H2. The molecule has 1 heterocycles. The fourth-order valence-corrected chi connectivity index (χ4v) is 7.77. The normalized spacial score (nSPS) is 30.7. The average molecular weight is 317 g/mol. The van der Waals surface area contributed by atoms with Crippen molar-refractivity contribution in [2.24, 2.45) is 0 Å². The van der Waals surface area contributed by atoms with E-state index in [-0.39, 0.29) is 4.75 Å². The van der Waals surface area contributed by atoms with Crippen LogP contribution in [0.3, 0.4) is 0 Å². The van der Waals surface area contributed by atoms with Crippen LogP contribution in [0.2, 0.25) is 0 Å². The molecule has 2 fully saturated rings. The Labute approximate surface area is 132 Å². The Balaban J connectivity index is 1.83. The molecule has 1 saturated heterocycles. The topological polar surface area (TPSA) is 17.1 Å². The lowest BCUT2D eigenvalue weighted by atomic mass is 9.95. The molecule has 1 saturated carbocycles. The summed E-state index contributed by atoms with van der Waals surface area (Å²) in [6.07, 6.45) is 19.2. The van der Waals surface area contributed by atoms with Gasteiger partial charge in [0, 0.05) is 16.6 Å². The van der Waals surface area contributed by atoms with Crippen molar-refractivity contribution in [3.05, 3.63) is 0 Å². The quantitative estimate of drug-likeness (QED) is 0.574. The minimum Gasteiger partial charge on any atom is -0.258 e. The molecule has 1 aliphatic heterocycles. The largest absolute Gasteiger partial charge is 0.258 e. The molecular formula is C17H32OS2. The molecule has 1 spiro atoms. The van der Waals surface area contributed by atoms with Gasteiger partial charge in [0.25, 0.3) is 0 Å². The maximum Gasteiger partial charge on any atom is 0.0698 e. The second kappa shape index (κ2) is 9.50. The van der Waals surface area contributed by atoms with E-state index in [1.807, 2.05) is 11.8 Å². The van der Waals surface area contributed by atoms with Gasteiger partial charge in [-0.15, -0.1) is 11.8 Å². The third-order valence-electron chi connectivity index (χ3n) is 5.05. The van der Waals surface area contributed by atoms with Gasteiger partial charge in [0.1, 0.15) is 0 Å². The third kappa shape index (κ3) is 5.36. The molecule has 1 atom stereocenters. The molecule has 0 N–H and O–H groups in total. The predicted octanol–water partition coefficient (Wildman–Crippen LogP) is 5.65. The maximum atomic E-state index is 12.4. The summed E-state index contributed by atoms with van der Waals surface area (Å²) < 4.78 is 12.6. The Morgan fingerprint density at radius 2 is 1.05 bits per heavy atom. The Bertz CT molecular complexity index is 275. The van der Waals surface area contributed by atoms with E-state index < -0.39 is 10.8 Å². The average Bonchev–Trinajstić information content (AvgIpc) is 2.80. The second-order valence-corrected chi connectivity index (χ2v) is 9.93. The molecule has 1 nitrogen and oxygen atoms in total. The summed E-state index contributed by atoms with van der Waals surface area (Å²) in [7, 11) is -0.558. The first-order valence-corrected chi connectivity index (χ1v) is 11.3. The van der Waals surface area contributed by atoms with Gasteiger partial charge >= 0.3 is 0 Å². The van der Waals surface area contributed by atoms with Gasteiger partial charge in [-0.25, -0.2) is 0 Å². The van der Waals surface area contributed by atoms with Crippen molar-refractivity contribution in [1.29, 1.82) is 0 Å². The predicted molar refractivity (Wildman–Crippen MR) is 92.8 cm³/mol. The van der Waals surface area contributed by atoms with Gasteiger partial charge < -0.3 is 0 Å². The minimum absolute atomic E-state index is 0.199. The summed E-state index contributed by atoms with van der Waals surface area (Å²) >= 11 is 1.94. The van der Waals surface area contributed by atoms with Crippen LogP contribution in [0.4, 0.5) is 0 Å². The Kier molecular flexibility index (Phi) is 8.01. The zero-order valence-electron chi connectivity index (χ0n) is 13.0. The lowest BCUT2D eigenvalue weighted by Gasteiger charge is -2.27. The summed E-state index contributed by atoms with van der Waals surface area (Å²) in [6, 6.07) is 0. The maximum absolute atomic E-state index is 12.4. The van der Waals surface area contributed by atoms with Crippen molar-refractivity contribution < 1.29 is 4.21 Å². The SMILES string of the molecule is O=S1CSCC12CCCCCCCCCCCCCC2. The second-order valence-electron chi connectivity index (χ2n) is 6.74. The highest BCUT2D eigenvalue weighted by Crippen LogP contribution is 2.39. The third-order valence-corrected chi connectivity index (χ3v) is 9.03. The fourth-order valence-electron chi connectivity index (χ4n) is 3.65. The van der Waals surface area contributed by atoms with E-state index in [2.05, 4.69) is 0 Å². The highest BCUT2D eigenvalue weighted by Gasteiger charge is 2.40. The van der Waals surface area contributed by atoms with Gasteiger partial charge in [-0.05, 0) is 12.8 Å². The van der Waals surface area contributed by atoms with Crippen LogP contribution < -0.4 is 0 Å². The summed E-state index contributed by atoms with van der Waals surface area (Å²) in [4.78, 5) is 0. The van der Waals surface area contributed by atoms with Crippen LogP contribution >= 0.6 is 11.8 Å². The van der Waals surface area contributed by atoms with Gasteiger partial charge in [0.2, 0.25) is 0 Å². The zero-order chi connectivity index (χ0) is 14.1. The number of thioether (sulfide) groups is 1. The van der Waals surface area contributed by atoms with Crippen LogP contribution in [0.1, 0.15) is 89.9 Å². The van der Waals surface area contributed by atoms with Crippen LogP contribution in [-0.2, 0) is 10.8 Å². The van der Waals surface area contributed by atoms with Crippen LogP contribution in [0.15, 0.2) is 0 Å². The molecule has 2 aliphatic rings. The molecule has 0 bridgehead atoms. The van der Waals surface area contributed by atoms with Crippen molar-refractivity contribution in [2.45, 2.75) is 94.6 Å². The van der Waals surface area contributed by atoms with Crippen molar-refractivity contribution in [1.82, 2.24) is 0 Å². The van der Waals surface area contributed by atoms with Gasteiger partial charge in [-0.3, -0.25) is 4.21 Å². The van der Waals surface area contributed by atoms with Crippen molar-refractivity contribution >= 4 is 22.6 Å². The van der Waals surface area contributed by atoms with E-state index in [1.165, 1.54) is 95.6 Å². The van der Waals surface area contributed by atoms with Crippen LogP contribution in [0.25, 0.3) is 0 Å².